The van der Waals surface area contributed by atoms with Gasteiger partial charge in [-0.05, 0) is 106 Å². The Labute approximate surface area is 316 Å². The van der Waals surface area contributed by atoms with Crippen LogP contribution in [0.2, 0.25) is 0 Å². The summed E-state index contributed by atoms with van der Waals surface area (Å²) in [6.07, 6.45) is 2.69. The van der Waals surface area contributed by atoms with Crippen molar-refractivity contribution in [3.8, 4) is 0 Å². The van der Waals surface area contributed by atoms with E-state index in [2.05, 4.69) is 176 Å². The van der Waals surface area contributed by atoms with Crippen molar-refractivity contribution < 1.29 is 0 Å². The number of fused-ring (bicyclic) bond motifs is 3. The smallest absolute Gasteiger partial charge is 0.165 e. The molecule has 3 heterocycles. The first-order valence-corrected chi connectivity index (χ1v) is 19.0. The van der Waals surface area contributed by atoms with E-state index in [4.69, 9.17) is 20.3 Å². The summed E-state index contributed by atoms with van der Waals surface area (Å²) in [4.78, 5) is 10.0. The molecule has 5 aromatic carbocycles. The Morgan fingerprint density at radius 3 is 1.96 bits per heavy atom. The maximum Gasteiger partial charge on any atom is 0.165 e. The van der Waals surface area contributed by atoms with Crippen molar-refractivity contribution in [1.29, 1.82) is 0 Å². The van der Waals surface area contributed by atoms with E-state index in [1.54, 1.807) is 0 Å². The average molecular weight is 706 g/mol. The van der Waals surface area contributed by atoms with Gasteiger partial charge in [-0.15, -0.1) is 5.10 Å². The van der Waals surface area contributed by atoms with E-state index in [1.807, 2.05) is 0 Å². The number of benzene rings is 5. The average Bonchev–Trinajstić information content (AvgIpc) is 3.78. The number of tetrazole rings is 1. The molecule has 0 radical (unpaired) electrons. The molecule has 1 unspecified atom stereocenters. The minimum Gasteiger partial charge on any atom is -0.308 e. The number of aromatic nitrogens is 7. The van der Waals surface area contributed by atoms with Gasteiger partial charge >= 0.3 is 0 Å². The first kappa shape index (κ1) is 33.6. The van der Waals surface area contributed by atoms with Gasteiger partial charge in [-0.25, -0.2) is 14.6 Å². The van der Waals surface area contributed by atoms with Gasteiger partial charge in [0.1, 0.15) is 16.9 Å². The first-order valence-electron chi connectivity index (χ1n) is 19.0. The van der Waals surface area contributed by atoms with Crippen LogP contribution in [0.5, 0.6) is 0 Å². The first-order chi connectivity index (χ1) is 26.5. The van der Waals surface area contributed by atoms with Crippen LogP contribution < -0.4 is 0 Å². The van der Waals surface area contributed by atoms with Gasteiger partial charge in [-0.3, -0.25) is 0 Å². The molecule has 0 aliphatic heterocycles. The lowest BCUT2D eigenvalue weighted by Gasteiger charge is -2.37. The monoisotopic (exact) mass is 705 g/mol. The van der Waals surface area contributed by atoms with Crippen molar-refractivity contribution in [1.82, 2.24) is 34.7 Å². The van der Waals surface area contributed by atoms with E-state index in [0.29, 0.717) is 6.54 Å². The highest BCUT2D eigenvalue weighted by Gasteiger charge is 2.44. The molecule has 7 heteroatoms. The van der Waals surface area contributed by atoms with Crippen LogP contribution in [0.4, 0.5) is 0 Å². The van der Waals surface area contributed by atoms with Crippen molar-refractivity contribution in [2.24, 2.45) is 0 Å². The third kappa shape index (κ3) is 5.37. The lowest BCUT2D eigenvalue weighted by Crippen LogP contribution is -2.40. The lowest BCUT2D eigenvalue weighted by atomic mass is 9.76. The summed E-state index contributed by atoms with van der Waals surface area (Å²) in [6.45, 7) is 9.38. The molecule has 3 aromatic heterocycles. The quantitative estimate of drug-likeness (QED) is 0.148. The fraction of sp³-hybridized carbons (Fsp3) is 0.213. The summed E-state index contributed by atoms with van der Waals surface area (Å²) in [5, 5.41) is 14.5. The molecule has 266 valence electrons. The summed E-state index contributed by atoms with van der Waals surface area (Å²) >= 11 is 0. The van der Waals surface area contributed by atoms with Crippen LogP contribution in [0, 0.1) is 20.8 Å². The van der Waals surface area contributed by atoms with Crippen molar-refractivity contribution in [3.63, 3.8) is 0 Å². The molecular weight excluding hydrogens is 663 g/mol. The van der Waals surface area contributed by atoms with Crippen LogP contribution in [0.3, 0.4) is 0 Å². The van der Waals surface area contributed by atoms with Gasteiger partial charge in [0.25, 0.3) is 0 Å². The van der Waals surface area contributed by atoms with Gasteiger partial charge in [0.15, 0.2) is 11.5 Å². The zero-order valence-corrected chi connectivity index (χ0v) is 31.2. The second-order valence-electron chi connectivity index (χ2n) is 14.5. The van der Waals surface area contributed by atoms with Gasteiger partial charge in [0.2, 0.25) is 0 Å². The zero-order chi connectivity index (χ0) is 36.8. The maximum absolute atomic E-state index is 5.06. The van der Waals surface area contributed by atoms with Gasteiger partial charge < -0.3 is 4.57 Å². The highest BCUT2D eigenvalue weighted by Crippen LogP contribution is 2.45. The summed E-state index contributed by atoms with van der Waals surface area (Å²) in [6, 6.07) is 47.6. The Hall–Kier alpha value is -6.21. The highest BCUT2D eigenvalue weighted by atomic mass is 15.6. The van der Waals surface area contributed by atoms with Crippen molar-refractivity contribution in [2.45, 2.75) is 65.0 Å². The van der Waals surface area contributed by atoms with E-state index in [9.17, 15) is 0 Å². The van der Waals surface area contributed by atoms with E-state index < -0.39 is 5.54 Å². The lowest BCUT2D eigenvalue weighted by molar-refractivity contribution is 0.427. The molecule has 9 rings (SSSR count). The largest absolute Gasteiger partial charge is 0.308 e. The minimum atomic E-state index is -0.846. The molecule has 0 fully saturated rings. The summed E-state index contributed by atoms with van der Waals surface area (Å²) in [7, 11) is 0. The number of imidazole rings is 1. The Bertz CT molecular complexity index is 2510. The predicted molar refractivity (Wildman–Crippen MR) is 214 cm³/mol. The summed E-state index contributed by atoms with van der Waals surface area (Å²) in [5.74, 6) is 1.66. The van der Waals surface area contributed by atoms with Crippen LogP contribution in [-0.2, 0) is 31.3 Å². The fourth-order valence-electron chi connectivity index (χ4n) is 8.92. The molecular formula is C47H43N7. The zero-order valence-electron chi connectivity index (χ0n) is 31.2. The van der Waals surface area contributed by atoms with Crippen LogP contribution in [-0.4, -0.2) is 34.7 Å². The number of rotatable bonds is 8. The third-order valence-electron chi connectivity index (χ3n) is 11.5. The number of nitrogens with zero attached hydrogens (tertiary/aromatic N) is 7. The molecule has 54 heavy (non-hydrogen) atoms. The van der Waals surface area contributed by atoms with Gasteiger partial charge in [0, 0.05) is 12.1 Å². The Morgan fingerprint density at radius 2 is 1.31 bits per heavy atom. The number of hydrogen-bond acceptors (Lipinski definition) is 5. The molecule has 0 amide bonds. The van der Waals surface area contributed by atoms with Crippen LogP contribution >= 0.6 is 0 Å². The van der Waals surface area contributed by atoms with Crippen molar-refractivity contribution in [3.05, 3.63) is 206 Å². The van der Waals surface area contributed by atoms with Crippen molar-refractivity contribution in [2.75, 3.05) is 0 Å². The summed E-state index contributed by atoms with van der Waals surface area (Å²) < 4.78 is 4.43. The standard InChI is InChI=1S/C47H43N7/c1-5-42-49-44-31(2)29-32(3)48-46(44)53(42)30-35-26-28-41-39(33(35)4)27-25-34-17-15-16-24-40(34)43(41)45-50-51-52-54(45)47(36-18-9-6-10-19-36,37-20-11-7-12-21-37)38-22-13-8-14-23-38/h6-24,26,28-29,43H,5,25,27,30H2,1-4H3. The molecule has 8 aromatic rings. The third-order valence-corrected chi connectivity index (χ3v) is 11.5. The van der Waals surface area contributed by atoms with Gasteiger partial charge in [-0.1, -0.05) is 134 Å². The second-order valence-corrected chi connectivity index (χ2v) is 14.5. The molecule has 0 saturated heterocycles. The molecule has 0 N–H and O–H groups in total. The van der Waals surface area contributed by atoms with E-state index in [-0.39, 0.29) is 5.92 Å². The van der Waals surface area contributed by atoms with E-state index in [0.717, 1.165) is 64.5 Å². The fourth-order valence-corrected chi connectivity index (χ4v) is 8.92. The Balaban J connectivity index is 1.27. The molecule has 0 spiro atoms. The number of hydrogen-bond donors (Lipinski definition) is 0. The predicted octanol–water partition coefficient (Wildman–Crippen LogP) is 9.07. The van der Waals surface area contributed by atoms with Crippen LogP contribution in [0.25, 0.3) is 11.2 Å². The van der Waals surface area contributed by atoms with E-state index >= 15 is 0 Å². The second kappa shape index (κ2) is 13.6. The van der Waals surface area contributed by atoms with E-state index in [1.165, 1.54) is 38.9 Å². The van der Waals surface area contributed by atoms with Gasteiger partial charge in [0.05, 0.1) is 12.5 Å². The molecule has 1 aliphatic rings. The highest BCUT2D eigenvalue weighted by molar-refractivity contribution is 5.76. The number of pyridine rings is 1. The van der Waals surface area contributed by atoms with Crippen molar-refractivity contribution >= 4 is 11.2 Å². The molecule has 1 aliphatic carbocycles. The normalized spacial score (nSPS) is 14.1. The number of aryl methyl sites for hydroxylation is 4. The van der Waals surface area contributed by atoms with Gasteiger partial charge in [-0.2, -0.15) is 0 Å². The Morgan fingerprint density at radius 1 is 0.685 bits per heavy atom. The molecule has 1 atom stereocenters. The topological polar surface area (TPSA) is 74.3 Å². The van der Waals surface area contributed by atoms with Crippen LogP contribution in [0.15, 0.2) is 133 Å². The van der Waals surface area contributed by atoms with Crippen LogP contribution in [0.1, 0.15) is 85.8 Å². The Kier molecular flexibility index (Phi) is 8.49. The SMILES string of the molecule is CCc1nc2c(C)cc(C)nc2n1Cc1ccc2c(c1C)CCc1ccccc1C2c1nnnn1C(c1ccccc1)(c1ccccc1)c1ccccc1. The molecule has 0 bridgehead atoms. The summed E-state index contributed by atoms with van der Waals surface area (Å²) in [5.41, 5.74) is 14.3. The molecule has 7 nitrogen and oxygen atoms in total. The maximum atomic E-state index is 5.06. The minimum absolute atomic E-state index is 0.204. The molecule has 0 saturated carbocycles.